The predicted octanol–water partition coefficient (Wildman–Crippen LogP) is 1.34. The Balaban J connectivity index is 1.56. The molecule has 7 heteroatoms. The minimum Gasteiger partial charge on any atom is -0.491 e. The summed E-state index contributed by atoms with van der Waals surface area (Å²) >= 11 is 0. The zero-order valence-corrected chi connectivity index (χ0v) is 14.5. The fourth-order valence-electron chi connectivity index (χ4n) is 3.44. The lowest BCUT2D eigenvalue weighted by atomic mass is 9.99. The van der Waals surface area contributed by atoms with Crippen LogP contribution >= 0.6 is 0 Å². The van der Waals surface area contributed by atoms with Crippen molar-refractivity contribution in [3.05, 3.63) is 29.8 Å². The van der Waals surface area contributed by atoms with Gasteiger partial charge in [-0.15, -0.1) is 0 Å². The summed E-state index contributed by atoms with van der Waals surface area (Å²) in [6.07, 6.45) is 0.607. The summed E-state index contributed by atoms with van der Waals surface area (Å²) in [5.41, 5.74) is -0.294. The Hall–Kier alpha value is -2.59. The van der Waals surface area contributed by atoms with Gasteiger partial charge in [-0.3, -0.25) is 14.6 Å². The number of carbonyl (C=O) groups is 2. The van der Waals surface area contributed by atoms with Gasteiger partial charge in [0, 0.05) is 25.7 Å². The van der Waals surface area contributed by atoms with Crippen molar-refractivity contribution in [2.75, 3.05) is 26.2 Å². The molecule has 0 aliphatic carbocycles. The van der Waals surface area contributed by atoms with E-state index in [-0.39, 0.29) is 18.0 Å². The highest BCUT2D eigenvalue weighted by Crippen LogP contribution is 2.29. The van der Waals surface area contributed by atoms with Crippen LogP contribution in [0.4, 0.5) is 4.79 Å². The van der Waals surface area contributed by atoms with Crippen molar-refractivity contribution in [3.63, 3.8) is 0 Å². The summed E-state index contributed by atoms with van der Waals surface area (Å²) in [7, 11) is 0. The number of rotatable bonds is 5. The van der Waals surface area contributed by atoms with Crippen LogP contribution in [0.1, 0.15) is 25.8 Å². The molecule has 2 aliphatic heterocycles. The Labute approximate surface area is 147 Å². The third-order valence-corrected chi connectivity index (χ3v) is 4.73. The van der Waals surface area contributed by atoms with Gasteiger partial charge < -0.3 is 10.1 Å². The van der Waals surface area contributed by atoms with E-state index < -0.39 is 5.54 Å². The number of hydrogen-bond acceptors (Lipinski definition) is 5. The SMILES string of the molecule is CC(C)N1C(=O)N[C@]2(CCN(CCOc3ccccc3C#N)C2)C1=O. The fraction of sp³-hybridized carbons (Fsp3) is 0.500. The molecular weight excluding hydrogens is 320 g/mol. The van der Waals surface area contributed by atoms with Gasteiger partial charge in [0.25, 0.3) is 5.91 Å². The number of hydrogen-bond donors (Lipinski definition) is 1. The summed E-state index contributed by atoms with van der Waals surface area (Å²) in [5, 5.41) is 11.9. The maximum atomic E-state index is 12.7. The first-order valence-corrected chi connectivity index (χ1v) is 8.47. The molecule has 2 aliphatic rings. The topological polar surface area (TPSA) is 85.7 Å². The first-order chi connectivity index (χ1) is 12.0. The second kappa shape index (κ2) is 6.73. The number of nitrogens with one attached hydrogen (secondary N) is 1. The number of likely N-dealkylation sites (tertiary alicyclic amines) is 1. The summed E-state index contributed by atoms with van der Waals surface area (Å²) < 4.78 is 5.70. The normalized spacial score (nSPS) is 23.4. The van der Waals surface area contributed by atoms with E-state index in [1.807, 2.05) is 19.9 Å². The smallest absolute Gasteiger partial charge is 0.325 e. The Bertz CT molecular complexity index is 727. The molecule has 7 nitrogen and oxygen atoms in total. The fourth-order valence-corrected chi connectivity index (χ4v) is 3.44. The molecule has 0 bridgehead atoms. The van der Waals surface area contributed by atoms with Gasteiger partial charge >= 0.3 is 6.03 Å². The van der Waals surface area contributed by atoms with Gasteiger partial charge in [0.2, 0.25) is 0 Å². The first kappa shape index (κ1) is 17.2. The average molecular weight is 342 g/mol. The number of benzene rings is 1. The van der Waals surface area contributed by atoms with Crippen LogP contribution in [0.25, 0.3) is 0 Å². The van der Waals surface area contributed by atoms with Crippen LogP contribution in [0.3, 0.4) is 0 Å². The lowest BCUT2D eigenvalue weighted by molar-refractivity contribution is -0.132. The molecular formula is C18H22N4O3. The molecule has 25 heavy (non-hydrogen) atoms. The van der Waals surface area contributed by atoms with Crippen LogP contribution in [-0.2, 0) is 4.79 Å². The number of carbonyl (C=O) groups excluding carboxylic acids is 2. The summed E-state index contributed by atoms with van der Waals surface area (Å²) in [4.78, 5) is 28.2. The van der Waals surface area contributed by atoms with Crippen LogP contribution in [0, 0.1) is 11.3 Å². The van der Waals surface area contributed by atoms with E-state index in [0.29, 0.717) is 37.4 Å². The molecule has 132 valence electrons. The predicted molar refractivity (Wildman–Crippen MR) is 91.0 cm³/mol. The van der Waals surface area contributed by atoms with Gasteiger partial charge in [-0.2, -0.15) is 5.26 Å². The highest BCUT2D eigenvalue weighted by molar-refractivity contribution is 6.07. The Kier molecular flexibility index (Phi) is 4.64. The van der Waals surface area contributed by atoms with Gasteiger partial charge in [-0.1, -0.05) is 12.1 Å². The summed E-state index contributed by atoms with van der Waals surface area (Å²) in [5.74, 6) is 0.431. The maximum Gasteiger partial charge on any atom is 0.325 e. The molecule has 3 rings (SSSR count). The summed E-state index contributed by atoms with van der Waals surface area (Å²) in [6.45, 7) is 5.94. The Morgan fingerprint density at radius 2 is 2.12 bits per heavy atom. The third-order valence-electron chi connectivity index (χ3n) is 4.73. The molecule has 1 atom stereocenters. The van der Waals surface area contributed by atoms with Crippen LogP contribution in [-0.4, -0.2) is 59.6 Å². The molecule has 1 aromatic rings. The lowest BCUT2D eigenvalue weighted by Crippen LogP contribution is -2.49. The molecule has 0 radical (unpaired) electrons. The number of imide groups is 1. The lowest BCUT2D eigenvalue weighted by Gasteiger charge is -2.23. The van der Waals surface area contributed by atoms with Crippen LogP contribution in [0.15, 0.2) is 24.3 Å². The molecule has 1 N–H and O–H groups in total. The van der Waals surface area contributed by atoms with E-state index >= 15 is 0 Å². The second-order valence-corrected chi connectivity index (χ2v) is 6.76. The number of amides is 3. The van der Waals surface area contributed by atoms with Crippen molar-refractivity contribution in [2.45, 2.75) is 31.8 Å². The molecule has 1 spiro atoms. The minimum atomic E-state index is -0.800. The number of ether oxygens (including phenoxy) is 1. The van der Waals surface area contributed by atoms with Gasteiger partial charge in [0.05, 0.1) is 5.56 Å². The highest BCUT2D eigenvalue weighted by Gasteiger charge is 2.55. The number of nitrogens with zero attached hydrogens (tertiary/aromatic N) is 3. The van der Waals surface area contributed by atoms with Crippen LogP contribution in [0.5, 0.6) is 5.75 Å². The Morgan fingerprint density at radius 1 is 1.36 bits per heavy atom. The highest BCUT2D eigenvalue weighted by atomic mass is 16.5. The van der Waals surface area contributed by atoms with Crippen molar-refractivity contribution in [1.82, 2.24) is 15.1 Å². The third kappa shape index (κ3) is 3.17. The molecule has 0 unspecified atom stereocenters. The van der Waals surface area contributed by atoms with E-state index in [1.54, 1.807) is 18.2 Å². The van der Waals surface area contributed by atoms with Crippen molar-refractivity contribution in [2.24, 2.45) is 0 Å². The zero-order chi connectivity index (χ0) is 18.0. The number of urea groups is 1. The van der Waals surface area contributed by atoms with Gasteiger partial charge in [-0.25, -0.2) is 4.79 Å². The molecule has 2 saturated heterocycles. The first-order valence-electron chi connectivity index (χ1n) is 8.47. The van der Waals surface area contributed by atoms with Crippen molar-refractivity contribution >= 4 is 11.9 Å². The zero-order valence-electron chi connectivity index (χ0n) is 14.5. The van der Waals surface area contributed by atoms with E-state index in [9.17, 15) is 9.59 Å². The van der Waals surface area contributed by atoms with Gasteiger partial charge in [0.1, 0.15) is 24.0 Å². The molecule has 0 saturated carbocycles. The van der Waals surface area contributed by atoms with Crippen LogP contribution in [0.2, 0.25) is 0 Å². The summed E-state index contributed by atoms with van der Waals surface area (Å²) in [6, 6.07) is 8.76. The van der Waals surface area contributed by atoms with E-state index in [4.69, 9.17) is 10.00 Å². The van der Waals surface area contributed by atoms with E-state index in [0.717, 1.165) is 6.54 Å². The molecule has 0 aromatic heterocycles. The largest absolute Gasteiger partial charge is 0.491 e. The van der Waals surface area contributed by atoms with Crippen molar-refractivity contribution in [3.8, 4) is 11.8 Å². The Morgan fingerprint density at radius 3 is 2.80 bits per heavy atom. The van der Waals surface area contributed by atoms with E-state index in [2.05, 4.69) is 16.3 Å². The minimum absolute atomic E-state index is 0.134. The maximum absolute atomic E-state index is 12.7. The molecule has 2 fully saturated rings. The van der Waals surface area contributed by atoms with Gasteiger partial charge in [0.15, 0.2) is 0 Å². The average Bonchev–Trinajstić information content (AvgIpc) is 3.09. The van der Waals surface area contributed by atoms with Crippen molar-refractivity contribution in [1.29, 1.82) is 5.26 Å². The van der Waals surface area contributed by atoms with E-state index in [1.165, 1.54) is 4.90 Å². The second-order valence-electron chi connectivity index (χ2n) is 6.76. The molecule has 3 amide bonds. The molecule has 2 heterocycles. The standard InChI is InChI=1S/C18H22N4O3/c1-13(2)22-16(23)18(20-17(22)24)7-8-21(12-18)9-10-25-15-6-4-3-5-14(15)11-19/h3-6,13H,7-10,12H2,1-2H3,(H,20,24)/t18-/m0/s1. The van der Waals surface area contributed by atoms with Gasteiger partial charge in [-0.05, 0) is 32.4 Å². The monoisotopic (exact) mass is 342 g/mol. The van der Waals surface area contributed by atoms with Crippen LogP contribution < -0.4 is 10.1 Å². The number of nitriles is 1. The number of para-hydroxylation sites is 1. The quantitative estimate of drug-likeness (QED) is 0.816. The van der Waals surface area contributed by atoms with Crippen molar-refractivity contribution < 1.29 is 14.3 Å². The molecule has 1 aromatic carbocycles.